The van der Waals surface area contributed by atoms with Gasteiger partial charge in [-0.3, -0.25) is 4.79 Å². The lowest BCUT2D eigenvalue weighted by molar-refractivity contribution is -0.115. The second kappa shape index (κ2) is 8.02. The molecule has 3 rings (SSSR count). The maximum Gasteiger partial charge on any atom is 0.407 e. The molecular weight excluding hydrogens is 322 g/mol. The predicted molar refractivity (Wildman–Crippen MR) is 94.7 cm³/mol. The molecular formula is C19H19NO3S. The summed E-state index contributed by atoms with van der Waals surface area (Å²) in [5.74, 6) is 0.333. The van der Waals surface area contributed by atoms with E-state index in [0.29, 0.717) is 12.2 Å². The number of alkyl carbamates (subject to hydrolysis) is 1. The molecule has 0 unspecified atom stereocenters. The zero-order valence-corrected chi connectivity index (χ0v) is 14.0. The summed E-state index contributed by atoms with van der Waals surface area (Å²) in [5, 5.41) is 2.84. The molecule has 1 saturated heterocycles. The van der Waals surface area contributed by atoms with Crippen molar-refractivity contribution in [2.75, 3.05) is 6.61 Å². The zero-order chi connectivity index (χ0) is 16.8. The lowest BCUT2D eigenvalue weighted by atomic mass is 9.94. The highest BCUT2D eigenvalue weighted by molar-refractivity contribution is 8.13. The summed E-state index contributed by atoms with van der Waals surface area (Å²) in [7, 11) is 0. The minimum absolute atomic E-state index is 0.0820. The van der Waals surface area contributed by atoms with E-state index in [-0.39, 0.29) is 23.7 Å². The van der Waals surface area contributed by atoms with Crippen LogP contribution in [0.15, 0.2) is 60.7 Å². The van der Waals surface area contributed by atoms with Gasteiger partial charge >= 0.3 is 6.09 Å². The summed E-state index contributed by atoms with van der Waals surface area (Å²) in [6, 6.07) is 19.5. The van der Waals surface area contributed by atoms with Gasteiger partial charge in [0.1, 0.15) is 6.61 Å². The summed E-state index contributed by atoms with van der Waals surface area (Å²) >= 11 is 1.30. The lowest BCUT2D eigenvalue weighted by Gasteiger charge is -2.20. The Morgan fingerprint density at radius 3 is 2.29 bits per heavy atom. The summed E-state index contributed by atoms with van der Waals surface area (Å²) in [6.45, 7) is 0.244. The van der Waals surface area contributed by atoms with E-state index in [1.165, 1.54) is 11.8 Å². The highest BCUT2D eigenvalue weighted by Gasteiger charge is 2.35. The summed E-state index contributed by atoms with van der Waals surface area (Å²) in [4.78, 5) is 24.1. The Labute approximate surface area is 145 Å². The Morgan fingerprint density at radius 2 is 1.71 bits per heavy atom. The molecule has 1 aliphatic heterocycles. The second-order valence-corrected chi connectivity index (χ2v) is 6.72. The van der Waals surface area contributed by atoms with Gasteiger partial charge in [0, 0.05) is 5.75 Å². The normalized spacial score (nSPS) is 17.8. The Kier molecular flexibility index (Phi) is 5.54. The Bertz CT molecular complexity index is 690. The van der Waals surface area contributed by atoms with Crippen molar-refractivity contribution >= 4 is 23.0 Å². The fraction of sp³-hybridized carbons (Fsp3) is 0.263. The molecule has 0 aliphatic carbocycles. The summed E-state index contributed by atoms with van der Waals surface area (Å²) in [6.07, 6.45) is 0.148. The molecule has 1 amide bonds. The van der Waals surface area contributed by atoms with Gasteiger partial charge in [0.2, 0.25) is 0 Å². The maximum absolute atomic E-state index is 12.8. The van der Waals surface area contributed by atoms with Crippen LogP contribution in [0, 0.1) is 5.92 Å². The van der Waals surface area contributed by atoms with Crippen LogP contribution in [0.3, 0.4) is 0 Å². The van der Waals surface area contributed by atoms with Gasteiger partial charge in [0.05, 0.1) is 12.0 Å². The van der Waals surface area contributed by atoms with Crippen LogP contribution in [0.5, 0.6) is 0 Å². The van der Waals surface area contributed by atoms with Crippen molar-refractivity contribution in [2.24, 2.45) is 5.92 Å². The van der Waals surface area contributed by atoms with Gasteiger partial charge in [-0.2, -0.15) is 0 Å². The van der Waals surface area contributed by atoms with Crippen molar-refractivity contribution in [3.63, 3.8) is 0 Å². The fourth-order valence-electron chi connectivity index (χ4n) is 2.71. The first-order chi connectivity index (χ1) is 11.7. The quantitative estimate of drug-likeness (QED) is 0.875. The van der Waals surface area contributed by atoms with Crippen molar-refractivity contribution in [1.29, 1.82) is 0 Å². The van der Waals surface area contributed by atoms with Gasteiger partial charge in [0.25, 0.3) is 0 Å². The zero-order valence-electron chi connectivity index (χ0n) is 13.2. The molecule has 4 nitrogen and oxygen atoms in total. The van der Waals surface area contributed by atoms with Gasteiger partial charge in [-0.1, -0.05) is 72.4 Å². The predicted octanol–water partition coefficient (Wildman–Crippen LogP) is 3.41. The first-order valence-corrected chi connectivity index (χ1v) is 8.89. The first kappa shape index (κ1) is 16.6. The SMILES string of the molecule is O=C1N[C@@H]([C@H](Cc2ccccc2)C(=O)SCc2ccccc2)CO1. The molecule has 24 heavy (non-hydrogen) atoms. The highest BCUT2D eigenvalue weighted by atomic mass is 32.2. The van der Waals surface area contributed by atoms with Crippen LogP contribution in [0.25, 0.3) is 0 Å². The van der Waals surface area contributed by atoms with Crippen molar-refractivity contribution < 1.29 is 14.3 Å². The number of amides is 1. The largest absolute Gasteiger partial charge is 0.447 e. The van der Waals surface area contributed by atoms with Crippen molar-refractivity contribution in [3.8, 4) is 0 Å². The van der Waals surface area contributed by atoms with Crippen LogP contribution in [0.1, 0.15) is 11.1 Å². The van der Waals surface area contributed by atoms with Crippen molar-refractivity contribution in [3.05, 3.63) is 71.8 Å². The number of carbonyl (C=O) groups is 2. The second-order valence-electron chi connectivity index (χ2n) is 5.74. The number of nitrogens with one attached hydrogen (secondary N) is 1. The number of thioether (sulfide) groups is 1. The monoisotopic (exact) mass is 341 g/mol. The van der Waals surface area contributed by atoms with E-state index in [2.05, 4.69) is 5.32 Å². The molecule has 0 radical (unpaired) electrons. The van der Waals surface area contributed by atoms with Gasteiger partial charge in [-0.05, 0) is 17.5 Å². The number of cyclic esters (lactones) is 1. The maximum atomic E-state index is 12.8. The molecule has 2 aromatic carbocycles. The molecule has 0 spiro atoms. The molecule has 2 atom stereocenters. The third kappa shape index (κ3) is 4.38. The van der Waals surface area contributed by atoms with E-state index in [9.17, 15) is 9.59 Å². The number of rotatable bonds is 6. The topological polar surface area (TPSA) is 55.4 Å². The molecule has 5 heteroatoms. The molecule has 1 N–H and O–H groups in total. The van der Waals surface area contributed by atoms with Crippen LogP contribution in [-0.4, -0.2) is 23.9 Å². The first-order valence-electron chi connectivity index (χ1n) is 7.90. The number of benzene rings is 2. The van der Waals surface area contributed by atoms with E-state index in [1.807, 2.05) is 60.7 Å². The van der Waals surface area contributed by atoms with Gasteiger partial charge in [0.15, 0.2) is 5.12 Å². The number of hydrogen-bond donors (Lipinski definition) is 1. The van der Waals surface area contributed by atoms with Crippen LogP contribution in [-0.2, 0) is 21.7 Å². The van der Waals surface area contributed by atoms with Crippen LogP contribution in [0.4, 0.5) is 4.79 Å². The van der Waals surface area contributed by atoms with E-state index >= 15 is 0 Å². The third-order valence-corrected chi connectivity index (χ3v) is 5.07. The number of carbonyl (C=O) groups excluding carboxylic acids is 2. The lowest BCUT2D eigenvalue weighted by Crippen LogP contribution is -2.39. The van der Waals surface area contributed by atoms with E-state index in [4.69, 9.17) is 4.74 Å². The summed E-state index contributed by atoms with van der Waals surface area (Å²) in [5.41, 5.74) is 2.19. The molecule has 1 heterocycles. The molecule has 1 fully saturated rings. The van der Waals surface area contributed by atoms with Crippen molar-refractivity contribution in [2.45, 2.75) is 18.2 Å². The fourth-order valence-corrected chi connectivity index (χ4v) is 3.67. The molecule has 0 bridgehead atoms. The van der Waals surface area contributed by atoms with Gasteiger partial charge < -0.3 is 10.1 Å². The minimum Gasteiger partial charge on any atom is -0.447 e. The van der Waals surface area contributed by atoms with E-state index < -0.39 is 6.09 Å². The summed E-state index contributed by atoms with van der Waals surface area (Å²) < 4.78 is 4.99. The Balaban J connectivity index is 1.68. The average Bonchev–Trinajstić information content (AvgIpc) is 3.05. The standard InChI is InChI=1S/C19H19NO3S/c21-18(24-13-15-9-5-2-6-10-15)16(17-12-23-19(22)20-17)11-14-7-3-1-4-8-14/h1-10,16-17H,11-13H2,(H,20,22)/t16-,17+/m0/s1. The van der Waals surface area contributed by atoms with Crippen LogP contribution < -0.4 is 5.32 Å². The molecule has 0 saturated carbocycles. The number of ether oxygens (including phenoxy) is 1. The van der Waals surface area contributed by atoms with Gasteiger partial charge in [-0.25, -0.2) is 4.79 Å². The molecule has 0 aromatic heterocycles. The van der Waals surface area contributed by atoms with Crippen LogP contribution in [0.2, 0.25) is 0 Å². The molecule has 2 aromatic rings. The van der Waals surface area contributed by atoms with E-state index in [0.717, 1.165) is 11.1 Å². The molecule has 124 valence electrons. The Hall–Kier alpha value is -2.27. The Morgan fingerprint density at radius 1 is 1.08 bits per heavy atom. The molecule has 1 aliphatic rings. The average molecular weight is 341 g/mol. The van der Waals surface area contributed by atoms with E-state index in [1.54, 1.807) is 0 Å². The number of hydrogen-bond acceptors (Lipinski definition) is 4. The smallest absolute Gasteiger partial charge is 0.407 e. The highest BCUT2D eigenvalue weighted by Crippen LogP contribution is 2.24. The van der Waals surface area contributed by atoms with Gasteiger partial charge in [-0.15, -0.1) is 0 Å². The van der Waals surface area contributed by atoms with Crippen molar-refractivity contribution in [1.82, 2.24) is 5.32 Å². The minimum atomic E-state index is -0.445. The van der Waals surface area contributed by atoms with Crippen LogP contribution >= 0.6 is 11.8 Å². The third-order valence-electron chi connectivity index (χ3n) is 4.01.